The number of pyridine rings is 1. The van der Waals surface area contributed by atoms with E-state index in [-0.39, 0.29) is 17.4 Å². The summed E-state index contributed by atoms with van der Waals surface area (Å²) in [5, 5.41) is 14.3. The van der Waals surface area contributed by atoms with Crippen molar-refractivity contribution in [2.24, 2.45) is 5.92 Å². The molecule has 1 spiro atoms. The summed E-state index contributed by atoms with van der Waals surface area (Å²) in [6.45, 7) is 0.388. The standard InChI is InChI=1S/C24H20N4O4/c1-27-14-18(15-6-4-8-17(12-15)28(31)32)21(22(29)16-7-5-11-25-13-16)24(27)19-9-2-3-10-20(19)26-23(24)30/h2-13,18,21H,14H2,1H3,(H,26,30)/t18-,21-,24+/m1/s1. The van der Waals surface area contributed by atoms with E-state index < -0.39 is 22.3 Å². The van der Waals surface area contributed by atoms with E-state index in [2.05, 4.69) is 10.3 Å². The average molecular weight is 428 g/mol. The van der Waals surface area contributed by atoms with Crippen LogP contribution >= 0.6 is 0 Å². The summed E-state index contributed by atoms with van der Waals surface area (Å²) in [4.78, 5) is 44.4. The number of nitrogens with zero attached hydrogens (tertiary/aromatic N) is 3. The number of carbonyl (C=O) groups excluding carboxylic acids is 2. The molecule has 2 aliphatic rings. The largest absolute Gasteiger partial charge is 0.324 e. The Morgan fingerprint density at radius 3 is 2.75 bits per heavy atom. The molecule has 0 aliphatic carbocycles. The average Bonchev–Trinajstić information content (AvgIpc) is 3.29. The topological polar surface area (TPSA) is 105 Å². The van der Waals surface area contributed by atoms with Gasteiger partial charge in [-0.05, 0) is 30.8 Å². The number of carbonyl (C=O) groups is 2. The number of para-hydroxylation sites is 1. The van der Waals surface area contributed by atoms with Crippen molar-refractivity contribution >= 4 is 23.1 Å². The van der Waals surface area contributed by atoms with Gasteiger partial charge in [0.2, 0.25) is 5.91 Å². The van der Waals surface area contributed by atoms with Crippen LogP contribution in [-0.4, -0.2) is 40.1 Å². The number of hydrogen-bond donors (Lipinski definition) is 1. The summed E-state index contributed by atoms with van der Waals surface area (Å²) >= 11 is 0. The van der Waals surface area contributed by atoms with E-state index in [1.165, 1.54) is 18.3 Å². The normalized spacial score (nSPS) is 24.3. The predicted molar refractivity (Wildman–Crippen MR) is 117 cm³/mol. The Hall–Kier alpha value is -3.91. The molecule has 32 heavy (non-hydrogen) atoms. The Labute approximate surface area is 184 Å². The third-order valence-electron chi connectivity index (χ3n) is 6.59. The highest BCUT2D eigenvalue weighted by Gasteiger charge is 2.64. The van der Waals surface area contributed by atoms with Gasteiger partial charge < -0.3 is 5.32 Å². The van der Waals surface area contributed by atoms with Crippen molar-refractivity contribution in [2.75, 3.05) is 18.9 Å². The molecule has 3 atom stereocenters. The molecule has 1 fully saturated rings. The maximum Gasteiger partial charge on any atom is 0.269 e. The molecular weight excluding hydrogens is 408 g/mol. The van der Waals surface area contributed by atoms with Crippen molar-refractivity contribution in [1.29, 1.82) is 0 Å². The summed E-state index contributed by atoms with van der Waals surface area (Å²) in [6.07, 6.45) is 3.08. The van der Waals surface area contributed by atoms with Crippen LogP contribution in [0.2, 0.25) is 0 Å². The molecule has 1 saturated heterocycles. The highest BCUT2D eigenvalue weighted by atomic mass is 16.6. The van der Waals surface area contributed by atoms with Crippen molar-refractivity contribution in [1.82, 2.24) is 9.88 Å². The minimum atomic E-state index is -1.22. The molecule has 160 valence electrons. The smallest absolute Gasteiger partial charge is 0.269 e. The van der Waals surface area contributed by atoms with Gasteiger partial charge in [-0.3, -0.25) is 29.6 Å². The number of non-ortho nitro benzene ring substituents is 1. The number of amides is 1. The first-order valence-electron chi connectivity index (χ1n) is 10.3. The van der Waals surface area contributed by atoms with Crippen LogP contribution in [0, 0.1) is 16.0 Å². The van der Waals surface area contributed by atoms with Crippen LogP contribution < -0.4 is 5.32 Å². The predicted octanol–water partition coefficient (Wildman–Crippen LogP) is 3.37. The van der Waals surface area contributed by atoms with Crippen LogP contribution in [0.1, 0.15) is 27.4 Å². The minimum absolute atomic E-state index is 0.0463. The van der Waals surface area contributed by atoms with Gasteiger partial charge in [0.15, 0.2) is 5.78 Å². The summed E-state index contributed by atoms with van der Waals surface area (Å²) in [5.41, 5.74) is 1.20. The number of benzene rings is 2. The Morgan fingerprint density at radius 2 is 2.00 bits per heavy atom. The van der Waals surface area contributed by atoms with Crippen molar-refractivity contribution in [2.45, 2.75) is 11.5 Å². The summed E-state index contributed by atoms with van der Waals surface area (Å²) < 4.78 is 0. The Balaban J connectivity index is 1.73. The van der Waals surface area contributed by atoms with Crippen molar-refractivity contribution in [3.8, 4) is 0 Å². The van der Waals surface area contributed by atoms with E-state index in [4.69, 9.17) is 0 Å². The molecule has 3 heterocycles. The van der Waals surface area contributed by atoms with E-state index in [1.807, 2.05) is 36.2 Å². The number of hydrogen-bond acceptors (Lipinski definition) is 6. The monoisotopic (exact) mass is 428 g/mol. The van der Waals surface area contributed by atoms with Crippen LogP contribution in [0.25, 0.3) is 0 Å². The second kappa shape index (κ2) is 7.35. The number of fused-ring (bicyclic) bond motifs is 2. The number of likely N-dealkylation sites (tertiary alicyclic amines) is 1. The number of nitrogens with one attached hydrogen (secondary N) is 1. The lowest BCUT2D eigenvalue weighted by atomic mass is 9.70. The summed E-state index contributed by atoms with van der Waals surface area (Å²) in [5.74, 6) is -1.70. The first-order valence-corrected chi connectivity index (χ1v) is 10.3. The van der Waals surface area contributed by atoms with Crippen LogP contribution in [0.3, 0.4) is 0 Å². The zero-order valence-electron chi connectivity index (χ0n) is 17.3. The van der Waals surface area contributed by atoms with Gasteiger partial charge >= 0.3 is 0 Å². The third kappa shape index (κ3) is 2.76. The van der Waals surface area contributed by atoms with E-state index in [0.717, 1.165) is 5.56 Å². The lowest BCUT2D eigenvalue weighted by molar-refractivity contribution is -0.384. The van der Waals surface area contributed by atoms with Gasteiger partial charge in [-0.1, -0.05) is 30.3 Å². The summed E-state index contributed by atoms with van der Waals surface area (Å²) in [6, 6.07) is 17.1. The lowest BCUT2D eigenvalue weighted by Crippen LogP contribution is -2.51. The van der Waals surface area contributed by atoms with Crippen molar-refractivity contribution in [3.63, 3.8) is 0 Å². The van der Waals surface area contributed by atoms with Crippen LogP contribution in [0.15, 0.2) is 73.1 Å². The van der Waals surface area contributed by atoms with Crippen LogP contribution in [-0.2, 0) is 10.3 Å². The van der Waals surface area contributed by atoms with Crippen LogP contribution in [0.5, 0.6) is 0 Å². The fourth-order valence-corrected chi connectivity index (χ4v) is 5.25. The molecule has 1 amide bonds. The molecule has 1 aromatic heterocycles. The maximum absolute atomic E-state index is 13.9. The van der Waals surface area contributed by atoms with Gasteiger partial charge in [0.25, 0.3) is 5.69 Å². The number of rotatable bonds is 4. The van der Waals surface area contributed by atoms with Gasteiger partial charge in [-0.15, -0.1) is 0 Å². The maximum atomic E-state index is 13.9. The minimum Gasteiger partial charge on any atom is -0.324 e. The van der Waals surface area contributed by atoms with Crippen LogP contribution in [0.4, 0.5) is 11.4 Å². The van der Waals surface area contributed by atoms with Gasteiger partial charge in [-0.25, -0.2) is 0 Å². The molecule has 2 aliphatic heterocycles. The second-order valence-electron chi connectivity index (χ2n) is 8.19. The SMILES string of the molecule is CN1C[C@H](c2cccc([N+](=O)[O-])c2)[C@H](C(=O)c2cccnc2)[C@@]12C(=O)Nc1ccccc12. The zero-order chi connectivity index (χ0) is 22.5. The van der Waals surface area contributed by atoms with Crippen molar-refractivity contribution in [3.05, 3.63) is 99.9 Å². The number of anilines is 1. The van der Waals surface area contributed by atoms with E-state index in [9.17, 15) is 19.7 Å². The van der Waals surface area contributed by atoms with E-state index in [0.29, 0.717) is 23.4 Å². The summed E-state index contributed by atoms with van der Waals surface area (Å²) in [7, 11) is 1.82. The second-order valence-corrected chi connectivity index (χ2v) is 8.19. The molecule has 8 heteroatoms. The first kappa shape index (κ1) is 20.0. The van der Waals surface area contributed by atoms with E-state index >= 15 is 0 Å². The molecule has 5 rings (SSSR count). The fourth-order valence-electron chi connectivity index (χ4n) is 5.25. The van der Waals surface area contributed by atoms with Gasteiger partial charge in [0.05, 0.1) is 10.8 Å². The molecule has 3 aromatic rings. The fraction of sp³-hybridized carbons (Fsp3) is 0.208. The zero-order valence-corrected chi connectivity index (χ0v) is 17.3. The van der Waals surface area contributed by atoms with E-state index in [1.54, 1.807) is 30.5 Å². The van der Waals surface area contributed by atoms with Gasteiger partial charge in [0.1, 0.15) is 5.54 Å². The number of Topliss-reactive ketones (excluding diaryl/α,β-unsaturated/α-hetero) is 1. The number of nitro groups is 1. The lowest BCUT2D eigenvalue weighted by Gasteiger charge is -2.35. The molecule has 2 aromatic carbocycles. The molecule has 0 bridgehead atoms. The Bertz CT molecular complexity index is 1250. The van der Waals surface area contributed by atoms with Gasteiger partial charge in [-0.2, -0.15) is 0 Å². The molecule has 1 N–H and O–H groups in total. The Morgan fingerprint density at radius 1 is 1.19 bits per heavy atom. The Kier molecular flexibility index (Phi) is 4.60. The van der Waals surface area contributed by atoms with Crippen molar-refractivity contribution < 1.29 is 14.5 Å². The number of aromatic nitrogens is 1. The number of likely N-dealkylation sites (N-methyl/N-ethyl adjacent to an activating group) is 1. The first-order chi connectivity index (χ1) is 15.4. The molecular formula is C24H20N4O4. The molecule has 8 nitrogen and oxygen atoms in total. The number of ketones is 1. The molecule has 0 saturated carbocycles. The highest BCUT2D eigenvalue weighted by Crippen LogP contribution is 2.55. The molecule has 0 radical (unpaired) electrons. The highest BCUT2D eigenvalue weighted by molar-refractivity contribution is 6.12. The third-order valence-corrected chi connectivity index (χ3v) is 6.59. The molecule has 0 unspecified atom stereocenters. The quantitative estimate of drug-likeness (QED) is 0.388. The number of nitro benzene ring substituents is 1. The van der Waals surface area contributed by atoms with Gasteiger partial charge in [0, 0.05) is 53.8 Å².